The normalized spacial score (nSPS) is 13.3. The van der Waals surface area contributed by atoms with E-state index in [1.165, 1.54) is 24.8 Å². The Hall–Kier alpha value is -2.03. The number of carbonyl (C=O) groups is 1. The molecule has 3 nitrogen and oxygen atoms in total. The van der Waals surface area contributed by atoms with Crippen molar-refractivity contribution < 1.29 is 9.53 Å². The summed E-state index contributed by atoms with van der Waals surface area (Å²) < 4.78 is 5.38. The highest BCUT2D eigenvalue weighted by Gasteiger charge is 2.18. The molecule has 0 aromatic heterocycles. The van der Waals surface area contributed by atoms with Gasteiger partial charge in [0.05, 0.1) is 6.04 Å². The Balaban J connectivity index is 2.62. The summed E-state index contributed by atoms with van der Waals surface area (Å²) in [5, 5.41) is 2.95. The van der Waals surface area contributed by atoms with Crippen molar-refractivity contribution in [1.82, 2.24) is 5.32 Å². The molecule has 1 aromatic carbocycles. The molecule has 0 radical (unpaired) electrons. The standard InChI is InChI=1S/C22H33NO2/c1-5-6-7-8-9-10-14-17-20(18-19-15-12-11-13-16-19)23-21(24)25-22(2,3)4/h9-17,20H,5-8,18H2,1-4H3,(H,23,24)/b10-9+,17-14+/t20-/m1/s1. The van der Waals surface area contributed by atoms with Gasteiger partial charge in [0.1, 0.15) is 5.60 Å². The van der Waals surface area contributed by atoms with E-state index in [1.807, 2.05) is 51.1 Å². The Bertz CT molecular complexity index is 541. The number of ether oxygens (including phenoxy) is 1. The molecule has 1 atom stereocenters. The molecule has 0 fully saturated rings. The maximum Gasteiger partial charge on any atom is 0.408 e. The summed E-state index contributed by atoms with van der Waals surface area (Å²) in [6.45, 7) is 7.81. The molecule has 3 heteroatoms. The van der Waals surface area contributed by atoms with Crippen LogP contribution < -0.4 is 5.32 Å². The van der Waals surface area contributed by atoms with Crippen molar-refractivity contribution in [2.75, 3.05) is 0 Å². The number of nitrogens with one attached hydrogen (secondary N) is 1. The fourth-order valence-corrected chi connectivity index (χ4v) is 2.38. The second-order valence-electron chi connectivity index (χ2n) is 7.25. The number of carbonyl (C=O) groups excluding carboxylic acids is 1. The van der Waals surface area contributed by atoms with E-state index in [1.54, 1.807) is 0 Å². The summed E-state index contributed by atoms with van der Waals surface area (Å²) in [5.74, 6) is 0. The first-order chi connectivity index (χ1) is 11.9. The third-order valence-electron chi connectivity index (χ3n) is 3.57. The minimum atomic E-state index is -0.496. The van der Waals surface area contributed by atoms with E-state index in [4.69, 9.17) is 4.74 Å². The van der Waals surface area contributed by atoms with Crippen molar-refractivity contribution in [3.63, 3.8) is 0 Å². The third kappa shape index (κ3) is 11.2. The van der Waals surface area contributed by atoms with E-state index in [9.17, 15) is 4.79 Å². The maximum absolute atomic E-state index is 12.1. The molecule has 25 heavy (non-hydrogen) atoms. The number of benzene rings is 1. The minimum Gasteiger partial charge on any atom is -0.444 e. The predicted octanol–water partition coefficient (Wildman–Crippen LogP) is 5.82. The molecule has 1 N–H and O–H groups in total. The van der Waals surface area contributed by atoms with Crippen LogP contribution in [0, 0.1) is 0 Å². The molecule has 1 aromatic rings. The van der Waals surface area contributed by atoms with Crippen LogP contribution in [0.4, 0.5) is 4.79 Å². The van der Waals surface area contributed by atoms with Gasteiger partial charge in [-0.3, -0.25) is 0 Å². The molecule has 0 aliphatic heterocycles. The lowest BCUT2D eigenvalue weighted by atomic mass is 10.1. The van der Waals surface area contributed by atoms with Crippen LogP contribution in [0.5, 0.6) is 0 Å². The number of amides is 1. The van der Waals surface area contributed by atoms with Crippen molar-refractivity contribution in [2.24, 2.45) is 0 Å². The molecule has 0 aliphatic rings. The highest BCUT2D eigenvalue weighted by molar-refractivity contribution is 5.68. The maximum atomic E-state index is 12.1. The van der Waals surface area contributed by atoms with Gasteiger partial charge >= 0.3 is 6.09 Å². The Morgan fingerprint density at radius 3 is 2.52 bits per heavy atom. The van der Waals surface area contributed by atoms with Crippen LogP contribution in [0.15, 0.2) is 54.6 Å². The first-order valence-corrected chi connectivity index (χ1v) is 9.27. The van der Waals surface area contributed by atoms with Gasteiger partial charge in [-0.05, 0) is 45.6 Å². The lowest BCUT2D eigenvalue weighted by Gasteiger charge is -2.22. The number of rotatable bonds is 9. The first-order valence-electron chi connectivity index (χ1n) is 9.27. The van der Waals surface area contributed by atoms with Gasteiger partial charge in [0.25, 0.3) is 0 Å². The van der Waals surface area contributed by atoms with Gasteiger partial charge < -0.3 is 10.1 Å². The third-order valence-corrected chi connectivity index (χ3v) is 3.57. The quantitative estimate of drug-likeness (QED) is 0.453. The molecule has 138 valence electrons. The van der Waals surface area contributed by atoms with Gasteiger partial charge in [0, 0.05) is 0 Å². The zero-order valence-electron chi connectivity index (χ0n) is 16.1. The largest absolute Gasteiger partial charge is 0.444 e. The average Bonchev–Trinajstić information content (AvgIpc) is 2.53. The first kappa shape index (κ1) is 21.0. The van der Waals surface area contributed by atoms with E-state index in [0.29, 0.717) is 0 Å². The summed E-state index contributed by atoms with van der Waals surface area (Å²) in [5.41, 5.74) is 0.685. The van der Waals surface area contributed by atoms with E-state index in [-0.39, 0.29) is 12.1 Å². The topological polar surface area (TPSA) is 38.3 Å². The highest BCUT2D eigenvalue weighted by atomic mass is 16.6. The number of hydrogen-bond acceptors (Lipinski definition) is 2. The summed E-state index contributed by atoms with van der Waals surface area (Å²) in [6.07, 6.45) is 13.5. The minimum absolute atomic E-state index is 0.0995. The Morgan fingerprint density at radius 2 is 1.88 bits per heavy atom. The summed E-state index contributed by atoms with van der Waals surface area (Å²) in [6, 6.07) is 10.1. The van der Waals surface area contributed by atoms with Crippen molar-refractivity contribution >= 4 is 6.09 Å². The Morgan fingerprint density at radius 1 is 1.16 bits per heavy atom. The van der Waals surface area contributed by atoms with E-state index in [2.05, 4.69) is 36.5 Å². The van der Waals surface area contributed by atoms with Crippen LogP contribution in [0.25, 0.3) is 0 Å². The van der Waals surface area contributed by atoms with Crippen LogP contribution in [-0.2, 0) is 11.2 Å². The van der Waals surface area contributed by atoms with Gasteiger partial charge in [-0.1, -0.05) is 74.4 Å². The van der Waals surface area contributed by atoms with Crippen molar-refractivity contribution in [3.8, 4) is 0 Å². The second-order valence-corrected chi connectivity index (χ2v) is 7.25. The molecule has 0 heterocycles. The Labute approximate surface area is 153 Å². The SMILES string of the molecule is CCCCC/C=C/C=C/[C@H](Cc1ccccc1)NC(=O)OC(C)(C)C. The smallest absolute Gasteiger partial charge is 0.408 e. The monoisotopic (exact) mass is 343 g/mol. The molecular weight excluding hydrogens is 310 g/mol. The van der Waals surface area contributed by atoms with Crippen molar-refractivity contribution in [2.45, 2.75) is 71.4 Å². The molecule has 0 aliphatic carbocycles. The number of hydrogen-bond donors (Lipinski definition) is 1. The van der Waals surface area contributed by atoms with Gasteiger partial charge in [-0.25, -0.2) is 4.79 Å². The van der Waals surface area contributed by atoms with E-state index < -0.39 is 5.60 Å². The molecule has 0 saturated carbocycles. The van der Waals surface area contributed by atoms with Crippen LogP contribution in [0.3, 0.4) is 0 Å². The van der Waals surface area contributed by atoms with Crippen LogP contribution in [0.2, 0.25) is 0 Å². The summed E-state index contributed by atoms with van der Waals surface area (Å²) in [4.78, 5) is 12.1. The van der Waals surface area contributed by atoms with Crippen LogP contribution >= 0.6 is 0 Å². The van der Waals surface area contributed by atoms with Gasteiger partial charge in [0.15, 0.2) is 0 Å². The highest BCUT2D eigenvalue weighted by Crippen LogP contribution is 2.09. The van der Waals surface area contributed by atoms with Gasteiger partial charge in [0.2, 0.25) is 0 Å². The molecule has 0 unspecified atom stereocenters. The molecule has 1 amide bonds. The number of allylic oxidation sites excluding steroid dienone is 3. The molecule has 0 saturated heterocycles. The summed E-state index contributed by atoms with van der Waals surface area (Å²) in [7, 11) is 0. The van der Waals surface area contributed by atoms with Crippen molar-refractivity contribution in [1.29, 1.82) is 0 Å². The van der Waals surface area contributed by atoms with Gasteiger partial charge in [-0.15, -0.1) is 0 Å². The lowest BCUT2D eigenvalue weighted by molar-refractivity contribution is 0.0514. The second kappa shape index (κ2) is 11.5. The van der Waals surface area contributed by atoms with Crippen LogP contribution in [0.1, 0.15) is 58.9 Å². The van der Waals surface area contributed by atoms with Crippen molar-refractivity contribution in [3.05, 3.63) is 60.2 Å². The molecular formula is C22H33NO2. The predicted molar refractivity (Wildman–Crippen MR) is 106 cm³/mol. The zero-order chi connectivity index (χ0) is 18.5. The molecule has 1 rings (SSSR count). The van der Waals surface area contributed by atoms with E-state index in [0.717, 1.165) is 12.8 Å². The lowest BCUT2D eigenvalue weighted by Crippen LogP contribution is -2.39. The molecule has 0 bridgehead atoms. The Kier molecular flexibility index (Phi) is 9.68. The zero-order valence-corrected chi connectivity index (χ0v) is 16.1. The van der Waals surface area contributed by atoms with E-state index >= 15 is 0 Å². The number of unbranched alkanes of at least 4 members (excludes halogenated alkanes) is 3. The number of alkyl carbamates (subject to hydrolysis) is 1. The molecule has 0 spiro atoms. The summed E-state index contributed by atoms with van der Waals surface area (Å²) >= 11 is 0. The van der Waals surface area contributed by atoms with Crippen LogP contribution in [-0.4, -0.2) is 17.7 Å². The average molecular weight is 344 g/mol. The van der Waals surface area contributed by atoms with Gasteiger partial charge in [-0.2, -0.15) is 0 Å². The fraction of sp³-hybridized carbons (Fsp3) is 0.500. The fourth-order valence-electron chi connectivity index (χ4n) is 2.38.